The third kappa shape index (κ3) is 5.50. The number of hydrogen-bond donors (Lipinski definition) is 1. The highest BCUT2D eigenvalue weighted by Gasteiger charge is 2.28. The van der Waals surface area contributed by atoms with E-state index in [2.05, 4.69) is 4.72 Å². The number of anilines is 1. The summed E-state index contributed by atoms with van der Waals surface area (Å²) in [6.45, 7) is 4.06. The molecule has 0 aliphatic carbocycles. The quantitative estimate of drug-likeness (QED) is 0.598. The topological polar surface area (TPSA) is 102 Å². The minimum absolute atomic E-state index is 0.0924. The highest BCUT2D eigenvalue weighted by Crippen LogP contribution is 2.31. The molecule has 2 aromatic rings. The molecule has 1 fully saturated rings. The predicted molar refractivity (Wildman–Crippen MR) is 120 cm³/mol. The van der Waals surface area contributed by atoms with E-state index in [0.717, 1.165) is 6.42 Å². The van der Waals surface area contributed by atoms with Crippen LogP contribution in [0.4, 0.5) is 5.69 Å². The lowest BCUT2D eigenvalue weighted by Crippen LogP contribution is -2.38. The van der Waals surface area contributed by atoms with Gasteiger partial charge in [-0.05, 0) is 74.2 Å². The summed E-state index contributed by atoms with van der Waals surface area (Å²) in [5.41, 5.74) is 1.63. The predicted octanol–water partition coefficient (Wildman–Crippen LogP) is 2.60. The molecule has 10 heteroatoms. The third-order valence-corrected chi connectivity index (χ3v) is 8.58. The van der Waals surface area contributed by atoms with E-state index >= 15 is 0 Å². The molecule has 1 heterocycles. The lowest BCUT2D eigenvalue weighted by atomic mass is 10.1. The first-order chi connectivity index (χ1) is 14.6. The number of nitrogens with zero attached hydrogens (tertiary/aromatic N) is 1. The van der Waals surface area contributed by atoms with Crippen LogP contribution < -0.4 is 18.5 Å². The maximum absolute atomic E-state index is 12.8. The first-order valence-corrected chi connectivity index (χ1v) is 13.1. The zero-order valence-corrected chi connectivity index (χ0v) is 19.6. The lowest BCUT2D eigenvalue weighted by Gasteiger charge is -2.30. The van der Waals surface area contributed by atoms with Gasteiger partial charge in [-0.15, -0.1) is 0 Å². The van der Waals surface area contributed by atoms with Crippen molar-refractivity contribution in [3.63, 3.8) is 0 Å². The van der Waals surface area contributed by atoms with Crippen molar-refractivity contribution in [2.24, 2.45) is 0 Å². The molecule has 1 aliphatic heterocycles. The van der Waals surface area contributed by atoms with Gasteiger partial charge in [-0.2, -0.15) is 0 Å². The van der Waals surface area contributed by atoms with E-state index < -0.39 is 20.0 Å². The zero-order chi connectivity index (χ0) is 22.6. The molecule has 0 radical (unpaired) electrons. The second kappa shape index (κ2) is 9.46. The number of nitrogens with one attached hydrogen (secondary N) is 1. The van der Waals surface area contributed by atoms with E-state index in [0.29, 0.717) is 41.3 Å². The smallest absolute Gasteiger partial charge is 0.240 e. The Hall–Kier alpha value is -2.30. The Kier molecular flexibility index (Phi) is 7.13. The highest BCUT2D eigenvalue weighted by atomic mass is 32.2. The van der Waals surface area contributed by atoms with Gasteiger partial charge in [0.15, 0.2) is 0 Å². The maximum atomic E-state index is 12.8. The Morgan fingerprint density at radius 1 is 1.03 bits per heavy atom. The number of aryl methyl sites for hydroxylation is 2. The number of sulfonamides is 2. The number of hydrogen-bond acceptors (Lipinski definition) is 6. The third-order valence-electron chi connectivity index (χ3n) is 5.12. The van der Waals surface area contributed by atoms with Crippen LogP contribution in [-0.4, -0.2) is 49.4 Å². The molecule has 3 rings (SSSR count). The van der Waals surface area contributed by atoms with Gasteiger partial charge < -0.3 is 9.47 Å². The number of rotatable bonds is 8. The van der Waals surface area contributed by atoms with E-state index in [9.17, 15) is 16.8 Å². The monoisotopic (exact) mass is 468 g/mol. The molecule has 0 unspecified atom stereocenters. The van der Waals surface area contributed by atoms with Crippen molar-refractivity contribution in [2.45, 2.75) is 31.6 Å². The fourth-order valence-electron chi connectivity index (χ4n) is 3.49. The lowest BCUT2D eigenvalue weighted by molar-refractivity contribution is 0.322. The number of ether oxygens (including phenoxy) is 2. The van der Waals surface area contributed by atoms with E-state index in [1.54, 1.807) is 51.3 Å². The first kappa shape index (κ1) is 23.4. The molecule has 0 bridgehead atoms. The Morgan fingerprint density at radius 2 is 1.71 bits per heavy atom. The number of benzene rings is 2. The van der Waals surface area contributed by atoms with Crippen molar-refractivity contribution in [1.82, 2.24) is 4.72 Å². The zero-order valence-electron chi connectivity index (χ0n) is 17.9. The summed E-state index contributed by atoms with van der Waals surface area (Å²) < 4.78 is 65.0. The molecule has 31 heavy (non-hydrogen) atoms. The van der Waals surface area contributed by atoms with Crippen LogP contribution in [0.25, 0.3) is 0 Å². The van der Waals surface area contributed by atoms with Crippen molar-refractivity contribution in [3.05, 3.63) is 47.5 Å². The fourth-order valence-corrected chi connectivity index (χ4v) is 6.50. The minimum atomic E-state index is -3.77. The van der Waals surface area contributed by atoms with Gasteiger partial charge in [0.2, 0.25) is 20.0 Å². The molecule has 1 aliphatic rings. The molecule has 0 aromatic heterocycles. The van der Waals surface area contributed by atoms with Crippen LogP contribution >= 0.6 is 0 Å². The van der Waals surface area contributed by atoms with Crippen LogP contribution in [0.5, 0.6) is 11.5 Å². The summed E-state index contributed by atoms with van der Waals surface area (Å²) >= 11 is 0. The SMILES string of the molecule is COc1ccc(OCCNS(=O)(=O)c2cc(C)c(N3CCCCS3(=O)=O)cc2C)cc1. The van der Waals surface area contributed by atoms with Gasteiger partial charge in [-0.25, -0.2) is 21.6 Å². The van der Waals surface area contributed by atoms with Gasteiger partial charge in [0, 0.05) is 13.1 Å². The van der Waals surface area contributed by atoms with Crippen LogP contribution in [0.15, 0.2) is 41.3 Å². The van der Waals surface area contributed by atoms with Gasteiger partial charge in [-0.1, -0.05) is 0 Å². The molecular formula is C21H28N2O6S2. The van der Waals surface area contributed by atoms with Gasteiger partial charge in [0.1, 0.15) is 18.1 Å². The van der Waals surface area contributed by atoms with E-state index in [1.807, 2.05) is 0 Å². The van der Waals surface area contributed by atoms with Crippen molar-refractivity contribution in [3.8, 4) is 11.5 Å². The minimum Gasteiger partial charge on any atom is -0.497 e. The van der Waals surface area contributed by atoms with E-state index in [-0.39, 0.29) is 23.8 Å². The Labute approximate surface area is 184 Å². The standard InChI is InChI=1S/C21H28N2O6S2/c1-16-15-21(17(2)14-20(16)23-11-4-5-13-30(23,24)25)31(26,27)22-10-12-29-19-8-6-18(28-3)7-9-19/h6-9,14-15,22H,4-5,10-13H2,1-3H3. The molecule has 1 saturated heterocycles. The van der Waals surface area contributed by atoms with Crippen LogP contribution in [0, 0.1) is 13.8 Å². The molecular weight excluding hydrogens is 440 g/mol. The van der Waals surface area contributed by atoms with E-state index in [1.165, 1.54) is 10.4 Å². The number of methoxy groups -OCH3 is 1. The Bertz CT molecular complexity index is 1130. The van der Waals surface area contributed by atoms with E-state index in [4.69, 9.17) is 9.47 Å². The maximum Gasteiger partial charge on any atom is 0.240 e. The molecule has 0 amide bonds. The van der Waals surface area contributed by atoms with Gasteiger partial charge in [0.05, 0.1) is 23.4 Å². The molecule has 0 saturated carbocycles. The van der Waals surface area contributed by atoms with Gasteiger partial charge >= 0.3 is 0 Å². The Morgan fingerprint density at radius 3 is 2.35 bits per heavy atom. The van der Waals surface area contributed by atoms with Gasteiger partial charge in [0.25, 0.3) is 0 Å². The van der Waals surface area contributed by atoms with Crippen LogP contribution in [0.2, 0.25) is 0 Å². The summed E-state index contributed by atoms with van der Waals surface area (Å²) in [6.07, 6.45) is 1.43. The normalized spacial score (nSPS) is 16.2. The summed E-state index contributed by atoms with van der Waals surface area (Å²) in [5.74, 6) is 1.43. The largest absolute Gasteiger partial charge is 0.497 e. The second-order valence-corrected chi connectivity index (χ2v) is 11.2. The summed E-state index contributed by atoms with van der Waals surface area (Å²) in [7, 11) is -5.57. The van der Waals surface area contributed by atoms with Crippen LogP contribution in [-0.2, 0) is 20.0 Å². The fraction of sp³-hybridized carbons (Fsp3) is 0.429. The second-order valence-electron chi connectivity index (χ2n) is 7.42. The first-order valence-electron chi connectivity index (χ1n) is 10.0. The van der Waals surface area contributed by atoms with Crippen molar-refractivity contribution in [1.29, 1.82) is 0 Å². The molecule has 2 aromatic carbocycles. The Balaban J connectivity index is 1.68. The molecule has 0 spiro atoms. The highest BCUT2D eigenvalue weighted by molar-refractivity contribution is 7.92. The summed E-state index contributed by atoms with van der Waals surface area (Å²) in [6, 6.07) is 10.2. The summed E-state index contributed by atoms with van der Waals surface area (Å²) in [5, 5.41) is 0. The van der Waals surface area contributed by atoms with Crippen molar-refractivity contribution < 1.29 is 26.3 Å². The molecule has 1 N–H and O–H groups in total. The molecule has 8 nitrogen and oxygen atoms in total. The average molecular weight is 469 g/mol. The van der Waals surface area contributed by atoms with Crippen LogP contribution in [0.3, 0.4) is 0 Å². The van der Waals surface area contributed by atoms with Gasteiger partial charge in [-0.3, -0.25) is 4.31 Å². The average Bonchev–Trinajstić information content (AvgIpc) is 2.73. The summed E-state index contributed by atoms with van der Waals surface area (Å²) in [4.78, 5) is 0.132. The van der Waals surface area contributed by atoms with Crippen LogP contribution in [0.1, 0.15) is 24.0 Å². The molecule has 170 valence electrons. The van der Waals surface area contributed by atoms with Crippen molar-refractivity contribution in [2.75, 3.05) is 36.9 Å². The molecule has 0 atom stereocenters. The van der Waals surface area contributed by atoms with Crippen molar-refractivity contribution >= 4 is 25.7 Å².